The van der Waals surface area contributed by atoms with Crippen LogP contribution in [0.4, 0.5) is 0 Å². The van der Waals surface area contributed by atoms with Crippen LogP contribution >= 0.6 is 0 Å². The molecule has 1 aliphatic carbocycles. The van der Waals surface area contributed by atoms with Gasteiger partial charge in [0.1, 0.15) is 5.41 Å². The summed E-state index contributed by atoms with van der Waals surface area (Å²) in [5.41, 5.74) is 0.281. The van der Waals surface area contributed by atoms with Gasteiger partial charge in [0, 0.05) is 5.56 Å². The first-order valence-corrected chi connectivity index (χ1v) is 4.92. The van der Waals surface area contributed by atoms with E-state index in [0.29, 0.717) is 18.4 Å². The number of carbonyl (C=O) groups excluding carboxylic acids is 1. The third-order valence-electron chi connectivity index (χ3n) is 3.13. The highest BCUT2D eigenvalue weighted by atomic mass is 16.4. The number of fused-ring (bicyclic) bond motifs is 1. The van der Waals surface area contributed by atoms with Gasteiger partial charge < -0.3 is 5.11 Å². The fraction of sp³-hybridized carbons (Fsp3) is 0.333. The van der Waals surface area contributed by atoms with Crippen LogP contribution < -0.4 is 0 Å². The monoisotopic (exact) mass is 204 g/mol. The number of aryl methyl sites for hydroxylation is 1. The summed E-state index contributed by atoms with van der Waals surface area (Å²) in [5.74, 6) is -1.29. The SMILES string of the molecule is CC1(C(=O)O)CCc2ccccc2C1=O. The van der Waals surface area contributed by atoms with Crippen molar-refractivity contribution < 1.29 is 14.7 Å². The van der Waals surface area contributed by atoms with Gasteiger partial charge in [-0.3, -0.25) is 9.59 Å². The molecule has 0 aliphatic heterocycles. The maximum Gasteiger partial charge on any atom is 0.317 e. The second-order valence-corrected chi connectivity index (χ2v) is 4.12. The molecule has 0 heterocycles. The first-order chi connectivity index (χ1) is 7.05. The first-order valence-electron chi connectivity index (χ1n) is 4.92. The number of carbonyl (C=O) groups is 2. The smallest absolute Gasteiger partial charge is 0.317 e. The average molecular weight is 204 g/mol. The van der Waals surface area contributed by atoms with Crippen molar-refractivity contribution in [2.75, 3.05) is 0 Å². The van der Waals surface area contributed by atoms with Crippen molar-refractivity contribution in [1.29, 1.82) is 0 Å². The van der Waals surface area contributed by atoms with Gasteiger partial charge in [-0.2, -0.15) is 0 Å². The summed E-state index contributed by atoms with van der Waals surface area (Å²) >= 11 is 0. The van der Waals surface area contributed by atoms with E-state index in [1.807, 2.05) is 12.1 Å². The van der Waals surface area contributed by atoms with Crippen molar-refractivity contribution in [1.82, 2.24) is 0 Å². The Morgan fingerprint density at radius 2 is 2.07 bits per heavy atom. The summed E-state index contributed by atoms with van der Waals surface area (Å²) in [5, 5.41) is 9.07. The Morgan fingerprint density at radius 3 is 2.73 bits per heavy atom. The Labute approximate surface area is 87.7 Å². The van der Waals surface area contributed by atoms with Crippen LogP contribution in [-0.4, -0.2) is 16.9 Å². The highest BCUT2D eigenvalue weighted by Crippen LogP contribution is 2.35. The number of carboxylic acids is 1. The van der Waals surface area contributed by atoms with Gasteiger partial charge in [0.15, 0.2) is 5.78 Å². The zero-order valence-corrected chi connectivity index (χ0v) is 8.49. The molecule has 0 radical (unpaired) electrons. The zero-order valence-electron chi connectivity index (χ0n) is 8.49. The van der Waals surface area contributed by atoms with E-state index in [1.54, 1.807) is 12.1 Å². The summed E-state index contributed by atoms with van der Waals surface area (Å²) in [6, 6.07) is 7.23. The minimum atomic E-state index is -1.24. The highest BCUT2D eigenvalue weighted by Gasteiger charge is 2.44. The Kier molecular flexibility index (Phi) is 2.11. The van der Waals surface area contributed by atoms with Gasteiger partial charge >= 0.3 is 5.97 Å². The molecule has 0 saturated carbocycles. The number of hydrogen-bond acceptors (Lipinski definition) is 2. The summed E-state index contributed by atoms with van der Waals surface area (Å²) in [6.45, 7) is 1.51. The second kappa shape index (κ2) is 3.19. The molecule has 1 aromatic rings. The lowest BCUT2D eigenvalue weighted by Crippen LogP contribution is -2.40. The number of hydrogen-bond donors (Lipinski definition) is 1. The molecule has 1 aliphatic rings. The molecule has 1 atom stereocenters. The molecule has 2 rings (SSSR count). The predicted molar refractivity (Wildman–Crippen MR) is 54.8 cm³/mol. The standard InChI is InChI=1S/C12H12O3/c1-12(11(14)15)7-6-8-4-2-3-5-9(8)10(12)13/h2-5H,6-7H2,1H3,(H,14,15). The maximum atomic E-state index is 12.0. The molecule has 0 aromatic heterocycles. The van der Waals surface area contributed by atoms with E-state index < -0.39 is 11.4 Å². The molecule has 0 bridgehead atoms. The number of benzene rings is 1. The highest BCUT2D eigenvalue weighted by molar-refractivity contribution is 6.13. The van der Waals surface area contributed by atoms with Crippen LogP contribution in [-0.2, 0) is 11.2 Å². The van der Waals surface area contributed by atoms with E-state index in [4.69, 9.17) is 5.11 Å². The van der Waals surface area contributed by atoms with Crippen LogP contribution in [0.3, 0.4) is 0 Å². The molecule has 78 valence electrons. The maximum absolute atomic E-state index is 12.0. The number of Topliss-reactive ketones (excluding diaryl/α,β-unsaturated/α-hetero) is 1. The number of carboxylic acid groups (broad SMARTS) is 1. The number of ketones is 1. The topological polar surface area (TPSA) is 54.4 Å². The van der Waals surface area contributed by atoms with Crippen LogP contribution in [0.15, 0.2) is 24.3 Å². The van der Waals surface area contributed by atoms with Gasteiger partial charge in [-0.1, -0.05) is 24.3 Å². The average Bonchev–Trinajstić information content (AvgIpc) is 2.24. The molecule has 0 saturated heterocycles. The molecule has 15 heavy (non-hydrogen) atoms. The Hall–Kier alpha value is -1.64. The van der Waals surface area contributed by atoms with Gasteiger partial charge in [0.05, 0.1) is 0 Å². The van der Waals surface area contributed by atoms with E-state index in [0.717, 1.165) is 5.56 Å². The Morgan fingerprint density at radius 1 is 1.40 bits per heavy atom. The van der Waals surface area contributed by atoms with E-state index in [9.17, 15) is 9.59 Å². The second-order valence-electron chi connectivity index (χ2n) is 4.12. The third kappa shape index (κ3) is 1.35. The normalized spacial score (nSPS) is 24.7. The van der Waals surface area contributed by atoms with Crippen molar-refractivity contribution in [3.8, 4) is 0 Å². The molecular weight excluding hydrogens is 192 g/mol. The third-order valence-corrected chi connectivity index (χ3v) is 3.13. The number of rotatable bonds is 1. The fourth-order valence-corrected chi connectivity index (χ4v) is 1.96. The summed E-state index contributed by atoms with van der Waals surface area (Å²) in [6.07, 6.45) is 1.04. The minimum absolute atomic E-state index is 0.267. The predicted octanol–water partition coefficient (Wildman–Crippen LogP) is 1.91. The molecule has 1 aromatic carbocycles. The molecule has 0 amide bonds. The van der Waals surface area contributed by atoms with Crippen LogP contribution in [0.25, 0.3) is 0 Å². The van der Waals surface area contributed by atoms with E-state index in [1.165, 1.54) is 6.92 Å². The first kappa shape index (κ1) is 9.90. The summed E-state index contributed by atoms with van der Waals surface area (Å²) in [7, 11) is 0. The van der Waals surface area contributed by atoms with Crippen molar-refractivity contribution in [2.24, 2.45) is 5.41 Å². The lowest BCUT2D eigenvalue weighted by atomic mass is 9.72. The molecule has 0 fully saturated rings. The van der Waals surface area contributed by atoms with Gasteiger partial charge in [-0.05, 0) is 25.3 Å². The van der Waals surface area contributed by atoms with Gasteiger partial charge in [0.2, 0.25) is 0 Å². The van der Waals surface area contributed by atoms with E-state index >= 15 is 0 Å². The van der Waals surface area contributed by atoms with E-state index in [-0.39, 0.29) is 5.78 Å². The zero-order chi connectivity index (χ0) is 11.1. The van der Waals surface area contributed by atoms with Gasteiger partial charge in [0.25, 0.3) is 0 Å². The van der Waals surface area contributed by atoms with Crippen LogP contribution in [0.2, 0.25) is 0 Å². The molecule has 0 spiro atoms. The van der Waals surface area contributed by atoms with Crippen molar-refractivity contribution in [2.45, 2.75) is 19.8 Å². The molecule has 1 N–H and O–H groups in total. The molecular formula is C12H12O3. The Bertz CT molecular complexity index is 436. The summed E-state index contributed by atoms with van der Waals surface area (Å²) in [4.78, 5) is 23.1. The molecule has 3 nitrogen and oxygen atoms in total. The van der Waals surface area contributed by atoms with Crippen molar-refractivity contribution >= 4 is 11.8 Å². The van der Waals surface area contributed by atoms with Gasteiger partial charge in [-0.25, -0.2) is 0 Å². The lowest BCUT2D eigenvalue weighted by molar-refractivity contribution is -0.145. The van der Waals surface area contributed by atoms with Crippen molar-refractivity contribution in [3.05, 3.63) is 35.4 Å². The van der Waals surface area contributed by atoms with Crippen molar-refractivity contribution in [3.63, 3.8) is 0 Å². The summed E-state index contributed by atoms with van der Waals surface area (Å²) < 4.78 is 0. The van der Waals surface area contributed by atoms with Gasteiger partial charge in [-0.15, -0.1) is 0 Å². The van der Waals surface area contributed by atoms with Crippen LogP contribution in [0.1, 0.15) is 29.3 Å². The fourth-order valence-electron chi connectivity index (χ4n) is 1.96. The Balaban J connectivity index is 2.51. The minimum Gasteiger partial charge on any atom is -0.480 e. The van der Waals surface area contributed by atoms with Crippen LogP contribution in [0.5, 0.6) is 0 Å². The van der Waals surface area contributed by atoms with Crippen LogP contribution in [0, 0.1) is 5.41 Å². The number of aliphatic carboxylic acids is 1. The lowest BCUT2D eigenvalue weighted by Gasteiger charge is -2.29. The molecule has 1 unspecified atom stereocenters. The molecule has 3 heteroatoms. The van der Waals surface area contributed by atoms with E-state index in [2.05, 4.69) is 0 Å². The quantitative estimate of drug-likeness (QED) is 0.711. The largest absolute Gasteiger partial charge is 0.480 e.